The number of methoxy groups -OCH3 is 1. The molecular weight excluding hydrogens is 201 g/mol. The average molecular weight is 209 g/mol. The van der Waals surface area contributed by atoms with Crippen molar-refractivity contribution in [1.29, 1.82) is 0 Å². The summed E-state index contributed by atoms with van der Waals surface area (Å²) in [4.78, 5) is 11.2. The fraction of sp³-hybridized carbons (Fsp3) is 0.100. The van der Waals surface area contributed by atoms with Gasteiger partial charge in [0.25, 0.3) is 0 Å². The highest BCUT2D eigenvalue weighted by atomic mass is 19.1. The monoisotopic (exact) mass is 209 g/mol. The summed E-state index contributed by atoms with van der Waals surface area (Å²) in [5, 5.41) is 9.59. The number of phenolic OH excluding ortho intramolecular Hbond substituents is 1. The first-order valence-electron chi connectivity index (χ1n) is 4.21. The molecule has 1 aromatic carbocycles. The van der Waals surface area contributed by atoms with Crippen molar-refractivity contribution in [2.24, 2.45) is 0 Å². The minimum absolute atomic E-state index is 0.0969. The quantitative estimate of drug-likeness (QED) is 0.722. The van der Waals surface area contributed by atoms with Gasteiger partial charge in [0.1, 0.15) is 5.75 Å². The molecule has 1 aromatic heterocycles. The number of hydrogen-bond acceptors (Lipinski definition) is 3. The number of ether oxygens (including phenoxy) is 1. The van der Waals surface area contributed by atoms with Crippen LogP contribution in [0.1, 0.15) is 0 Å². The number of halogens is 1. The average Bonchev–Trinajstić information content (AvgIpc) is 2.60. The molecule has 1 N–H and O–H groups in total. The number of nitrogens with zero attached hydrogens (tertiary/aromatic N) is 1. The third-order valence-electron chi connectivity index (χ3n) is 2.09. The van der Waals surface area contributed by atoms with Crippen molar-refractivity contribution in [2.75, 3.05) is 7.11 Å². The lowest BCUT2D eigenvalue weighted by Gasteiger charge is -2.02. The van der Waals surface area contributed by atoms with Crippen LogP contribution in [-0.2, 0) is 4.74 Å². The van der Waals surface area contributed by atoms with E-state index in [0.29, 0.717) is 5.39 Å². The van der Waals surface area contributed by atoms with Crippen LogP contribution in [0, 0.1) is 5.82 Å². The molecule has 0 spiro atoms. The molecule has 0 aliphatic heterocycles. The van der Waals surface area contributed by atoms with Gasteiger partial charge in [-0.15, -0.1) is 0 Å². The van der Waals surface area contributed by atoms with E-state index < -0.39 is 11.9 Å². The van der Waals surface area contributed by atoms with E-state index in [1.54, 1.807) is 0 Å². The highest BCUT2D eigenvalue weighted by molar-refractivity contribution is 5.90. The minimum atomic E-state index is -0.672. The molecule has 0 radical (unpaired) electrons. The van der Waals surface area contributed by atoms with Crippen molar-refractivity contribution in [2.45, 2.75) is 0 Å². The number of aromatic hydroxyl groups is 1. The van der Waals surface area contributed by atoms with Crippen molar-refractivity contribution >= 4 is 17.0 Å². The van der Waals surface area contributed by atoms with E-state index in [-0.39, 0.29) is 11.3 Å². The second-order valence-electron chi connectivity index (χ2n) is 3.02. The zero-order valence-electron chi connectivity index (χ0n) is 7.90. The Bertz CT molecular complexity index is 533. The molecule has 0 aliphatic carbocycles. The number of benzene rings is 1. The molecule has 0 fully saturated rings. The van der Waals surface area contributed by atoms with E-state index in [0.717, 1.165) is 10.6 Å². The van der Waals surface area contributed by atoms with E-state index >= 15 is 0 Å². The van der Waals surface area contributed by atoms with E-state index in [1.807, 2.05) is 0 Å². The molecule has 2 rings (SSSR count). The fourth-order valence-electron chi connectivity index (χ4n) is 1.47. The molecule has 4 nitrogen and oxygen atoms in total. The van der Waals surface area contributed by atoms with Gasteiger partial charge in [-0.25, -0.2) is 13.8 Å². The Hall–Kier alpha value is -2.04. The third-order valence-corrected chi connectivity index (χ3v) is 2.09. The van der Waals surface area contributed by atoms with Gasteiger partial charge in [-0.3, -0.25) is 0 Å². The van der Waals surface area contributed by atoms with Crippen molar-refractivity contribution in [3.63, 3.8) is 0 Å². The molecule has 0 bridgehead atoms. The number of phenols is 1. The summed E-state index contributed by atoms with van der Waals surface area (Å²) < 4.78 is 19.0. The van der Waals surface area contributed by atoms with Crippen molar-refractivity contribution in [1.82, 2.24) is 4.57 Å². The van der Waals surface area contributed by atoms with Gasteiger partial charge in [0.15, 0.2) is 5.82 Å². The summed E-state index contributed by atoms with van der Waals surface area (Å²) in [5.41, 5.74) is 0.0969. The van der Waals surface area contributed by atoms with Crippen molar-refractivity contribution < 1.29 is 19.0 Å². The van der Waals surface area contributed by atoms with Crippen LogP contribution in [0.4, 0.5) is 9.18 Å². The number of hydrogen-bond donors (Lipinski definition) is 1. The number of fused-ring (bicyclic) bond motifs is 1. The zero-order chi connectivity index (χ0) is 11.0. The minimum Gasteiger partial charge on any atom is -0.508 e. The maximum atomic E-state index is 13.4. The van der Waals surface area contributed by atoms with Gasteiger partial charge in [-0.1, -0.05) is 0 Å². The SMILES string of the molecule is COC(=O)n1ccc2cc(O)cc(F)c21. The second-order valence-corrected chi connectivity index (χ2v) is 3.02. The smallest absolute Gasteiger partial charge is 0.418 e. The lowest BCUT2D eigenvalue weighted by molar-refractivity contribution is 0.174. The van der Waals surface area contributed by atoms with Crippen LogP contribution < -0.4 is 0 Å². The Morgan fingerprint density at radius 2 is 2.27 bits per heavy atom. The standard InChI is InChI=1S/C10H8FNO3/c1-15-10(14)12-3-2-6-4-7(13)5-8(11)9(6)12/h2-5,13H,1H3. The topological polar surface area (TPSA) is 51.5 Å². The van der Waals surface area contributed by atoms with Crippen LogP contribution in [0.3, 0.4) is 0 Å². The van der Waals surface area contributed by atoms with Crippen LogP contribution in [0.15, 0.2) is 24.4 Å². The summed E-state index contributed by atoms with van der Waals surface area (Å²) in [6.45, 7) is 0. The lowest BCUT2D eigenvalue weighted by atomic mass is 10.2. The second kappa shape index (κ2) is 3.27. The first-order chi connectivity index (χ1) is 7.13. The molecule has 0 aliphatic rings. The summed E-state index contributed by atoms with van der Waals surface area (Å²) in [6, 6.07) is 3.84. The number of carbonyl (C=O) groups excluding carboxylic acids is 1. The summed E-state index contributed by atoms with van der Waals surface area (Å²) in [5.74, 6) is -0.844. The molecule has 78 valence electrons. The van der Waals surface area contributed by atoms with Gasteiger partial charge in [0.2, 0.25) is 0 Å². The van der Waals surface area contributed by atoms with Gasteiger partial charge in [0, 0.05) is 17.6 Å². The van der Waals surface area contributed by atoms with Gasteiger partial charge < -0.3 is 9.84 Å². The van der Waals surface area contributed by atoms with Gasteiger partial charge in [0.05, 0.1) is 12.6 Å². The number of aromatic nitrogens is 1. The summed E-state index contributed by atoms with van der Waals surface area (Å²) >= 11 is 0. The van der Waals surface area contributed by atoms with Gasteiger partial charge in [-0.2, -0.15) is 0 Å². The maximum absolute atomic E-state index is 13.4. The largest absolute Gasteiger partial charge is 0.508 e. The molecule has 15 heavy (non-hydrogen) atoms. The first-order valence-corrected chi connectivity index (χ1v) is 4.21. The maximum Gasteiger partial charge on any atom is 0.418 e. The van der Waals surface area contributed by atoms with E-state index in [2.05, 4.69) is 4.74 Å². The predicted octanol–water partition coefficient (Wildman–Crippen LogP) is 2.10. The Morgan fingerprint density at radius 3 is 2.93 bits per heavy atom. The van der Waals surface area contributed by atoms with Crippen molar-refractivity contribution in [3.05, 3.63) is 30.2 Å². The van der Waals surface area contributed by atoms with Crippen LogP contribution in [0.2, 0.25) is 0 Å². The Labute approximate surface area is 84.5 Å². The van der Waals surface area contributed by atoms with Crippen LogP contribution in [0.5, 0.6) is 5.75 Å². The van der Waals surface area contributed by atoms with Gasteiger partial charge >= 0.3 is 6.09 Å². The molecule has 5 heteroatoms. The van der Waals surface area contributed by atoms with Crippen LogP contribution in [0.25, 0.3) is 10.9 Å². The van der Waals surface area contributed by atoms with E-state index in [1.165, 1.54) is 25.4 Å². The summed E-state index contributed by atoms with van der Waals surface area (Å²) in [7, 11) is 1.21. The summed E-state index contributed by atoms with van der Waals surface area (Å²) in [6.07, 6.45) is 0.716. The number of rotatable bonds is 0. The Balaban J connectivity index is 2.74. The molecule has 0 amide bonds. The van der Waals surface area contributed by atoms with Crippen LogP contribution >= 0.6 is 0 Å². The lowest BCUT2D eigenvalue weighted by Crippen LogP contribution is -2.10. The molecule has 0 unspecified atom stereocenters. The Morgan fingerprint density at radius 1 is 1.53 bits per heavy atom. The van der Waals surface area contributed by atoms with Crippen molar-refractivity contribution in [3.8, 4) is 5.75 Å². The van der Waals surface area contributed by atoms with Gasteiger partial charge in [-0.05, 0) is 12.1 Å². The molecule has 2 aromatic rings. The normalized spacial score (nSPS) is 10.5. The molecule has 0 saturated carbocycles. The van der Waals surface area contributed by atoms with E-state index in [9.17, 15) is 9.18 Å². The van der Waals surface area contributed by atoms with E-state index in [4.69, 9.17) is 5.11 Å². The molecule has 0 saturated heterocycles. The molecular formula is C10H8FNO3. The Kier molecular flexibility index (Phi) is 2.07. The molecule has 1 heterocycles. The number of carbonyl (C=O) groups is 1. The highest BCUT2D eigenvalue weighted by Gasteiger charge is 2.13. The fourth-order valence-corrected chi connectivity index (χ4v) is 1.47. The zero-order valence-corrected chi connectivity index (χ0v) is 7.90. The van der Waals surface area contributed by atoms with Crippen LogP contribution in [-0.4, -0.2) is 22.9 Å². The highest BCUT2D eigenvalue weighted by Crippen LogP contribution is 2.24. The predicted molar refractivity (Wildman–Crippen MR) is 51.4 cm³/mol. The molecule has 0 atom stereocenters. The first kappa shape index (κ1) is 9.51. The third kappa shape index (κ3) is 1.41.